The second kappa shape index (κ2) is 17.0. The molecule has 2 aromatic carbocycles. The molecule has 8 rings (SSSR count). The molecule has 16 heteroatoms. The van der Waals surface area contributed by atoms with E-state index in [9.17, 15) is 19.2 Å². The van der Waals surface area contributed by atoms with Crippen LogP contribution in [0.4, 0.5) is 9.59 Å². The second-order valence-corrected chi connectivity index (χ2v) is 16.8. The van der Waals surface area contributed by atoms with Crippen molar-refractivity contribution in [1.29, 1.82) is 0 Å². The predicted octanol–water partition coefficient (Wildman–Crippen LogP) is 7.48. The van der Waals surface area contributed by atoms with E-state index in [1.54, 1.807) is 6.20 Å². The molecule has 4 N–H and O–H groups in total. The molecule has 6 heterocycles. The number of nitrogens with zero attached hydrogens (tertiary/aromatic N) is 5. The molecule has 5 atom stereocenters. The highest BCUT2D eigenvalue weighted by atomic mass is 16.5. The Balaban J connectivity index is 1.03. The Morgan fingerprint density at radius 1 is 0.770 bits per heavy atom. The van der Waals surface area contributed by atoms with E-state index in [0.29, 0.717) is 24.7 Å². The predicted molar refractivity (Wildman–Crippen MR) is 228 cm³/mol. The fourth-order valence-electron chi connectivity index (χ4n) is 9.08. The number of H-pyrrole nitrogens is 2. The first-order valence-electron chi connectivity index (χ1n) is 21.3. The maximum Gasteiger partial charge on any atom is 0.407 e. The molecule has 16 nitrogen and oxygen atoms in total. The van der Waals surface area contributed by atoms with Crippen molar-refractivity contribution in [3.63, 3.8) is 0 Å². The number of hydrogen-bond acceptors (Lipinski definition) is 9. The number of carbonyl (C=O) groups is 4. The second-order valence-electron chi connectivity index (χ2n) is 16.8. The molecular weight excluding hydrogens is 779 g/mol. The molecular formula is C45H55N9O7. The van der Waals surface area contributed by atoms with E-state index in [2.05, 4.69) is 68.5 Å². The summed E-state index contributed by atoms with van der Waals surface area (Å²) in [5, 5.41) is 6.48. The number of rotatable bonds is 11. The Labute approximate surface area is 354 Å². The molecule has 3 aliphatic rings. The molecule has 3 aliphatic heterocycles. The molecule has 0 saturated carbocycles. The molecule has 322 valence electrons. The summed E-state index contributed by atoms with van der Waals surface area (Å²) in [5.74, 6) is 1.66. The van der Waals surface area contributed by atoms with Crippen LogP contribution in [0.1, 0.15) is 96.7 Å². The number of methoxy groups -OCH3 is 2. The molecule has 2 saturated heterocycles. The molecule has 1 unspecified atom stereocenters. The topological polar surface area (TPSA) is 189 Å². The highest BCUT2D eigenvalue weighted by Crippen LogP contribution is 2.45. The normalized spacial score (nSPS) is 19.4. The number of benzene rings is 2. The van der Waals surface area contributed by atoms with Gasteiger partial charge in [-0.15, -0.1) is 0 Å². The molecule has 0 aliphatic carbocycles. The minimum absolute atomic E-state index is 0.118. The summed E-state index contributed by atoms with van der Waals surface area (Å²) in [6.07, 6.45) is 6.09. The van der Waals surface area contributed by atoms with E-state index in [-0.39, 0.29) is 42.0 Å². The molecule has 3 aromatic heterocycles. The lowest BCUT2D eigenvalue weighted by Crippen LogP contribution is -2.51. The molecule has 0 bridgehead atoms. The summed E-state index contributed by atoms with van der Waals surface area (Å²) in [6.45, 7) is 10.9. The number of alkyl carbamates (subject to hydrolysis) is 2. The number of carbonyl (C=O) groups excluding carboxylic acids is 4. The molecule has 4 amide bonds. The quantitative estimate of drug-likeness (QED) is 0.105. The molecule has 61 heavy (non-hydrogen) atoms. The largest absolute Gasteiger partial charge is 0.469 e. The smallest absolute Gasteiger partial charge is 0.407 e. The van der Waals surface area contributed by atoms with Crippen LogP contribution in [0, 0.1) is 11.8 Å². The number of aromatic nitrogens is 5. The van der Waals surface area contributed by atoms with E-state index >= 15 is 0 Å². The lowest BCUT2D eigenvalue weighted by Gasteiger charge is -2.30. The van der Waals surface area contributed by atoms with Crippen molar-refractivity contribution >= 4 is 34.9 Å². The first kappa shape index (κ1) is 41.4. The van der Waals surface area contributed by atoms with Gasteiger partial charge in [0.15, 0.2) is 6.23 Å². The molecule has 0 spiro atoms. The van der Waals surface area contributed by atoms with Gasteiger partial charge >= 0.3 is 12.2 Å². The maximum absolute atomic E-state index is 13.7. The van der Waals surface area contributed by atoms with Crippen molar-refractivity contribution < 1.29 is 33.4 Å². The van der Waals surface area contributed by atoms with Gasteiger partial charge in [-0.1, -0.05) is 46.8 Å². The number of ether oxygens (including phenoxy) is 3. The third-order valence-corrected chi connectivity index (χ3v) is 12.3. The average Bonchev–Trinajstić information content (AvgIpc) is 4.12. The van der Waals surface area contributed by atoms with Crippen molar-refractivity contribution in [3.05, 3.63) is 66.5 Å². The Bertz CT molecular complexity index is 2450. The number of fused-ring (bicyclic) bond motifs is 5. The highest BCUT2D eigenvalue weighted by Gasteiger charge is 2.39. The van der Waals surface area contributed by atoms with Gasteiger partial charge in [-0.05, 0) is 67.9 Å². The van der Waals surface area contributed by atoms with Crippen LogP contribution < -0.4 is 15.4 Å². The lowest BCUT2D eigenvalue weighted by molar-refractivity contribution is -0.136. The van der Waals surface area contributed by atoms with Gasteiger partial charge in [-0.2, -0.15) is 0 Å². The number of hydrogen-bond donors (Lipinski definition) is 4. The minimum Gasteiger partial charge on any atom is -0.469 e. The fraction of sp³-hybridized carbons (Fsp3) is 0.467. The van der Waals surface area contributed by atoms with Crippen molar-refractivity contribution in [1.82, 2.24) is 44.9 Å². The van der Waals surface area contributed by atoms with Gasteiger partial charge in [0.2, 0.25) is 11.8 Å². The van der Waals surface area contributed by atoms with Gasteiger partial charge in [0.1, 0.15) is 29.5 Å². The van der Waals surface area contributed by atoms with Crippen LogP contribution in [0.25, 0.3) is 44.7 Å². The van der Waals surface area contributed by atoms with E-state index in [4.69, 9.17) is 24.2 Å². The minimum atomic E-state index is -0.707. The zero-order valence-electron chi connectivity index (χ0n) is 35.8. The van der Waals surface area contributed by atoms with E-state index in [1.165, 1.54) is 14.2 Å². The first-order chi connectivity index (χ1) is 29.4. The summed E-state index contributed by atoms with van der Waals surface area (Å²) in [6, 6.07) is 12.9. The molecule has 0 radical (unpaired) electrons. The Morgan fingerprint density at radius 3 is 1.80 bits per heavy atom. The lowest BCUT2D eigenvalue weighted by atomic mass is 10.0. The third-order valence-electron chi connectivity index (χ3n) is 12.3. The summed E-state index contributed by atoms with van der Waals surface area (Å²) in [7, 11) is 2.58. The van der Waals surface area contributed by atoms with Gasteiger partial charge in [-0.3, -0.25) is 9.59 Å². The van der Waals surface area contributed by atoms with E-state index < -0.39 is 24.3 Å². The number of likely N-dealkylation sites (tertiary alicyclic amines) is 2. The third kappa shape index (κ3) is 7.79. The number of imidazole rings is 2. The number of nitrogens with one attached hydrogen (secondary N) is 4. The van der Waals surface area contributed by atoms with Gasteiger partial charge in [0.05, 0.1) is 61.3 Å². The van der Waals surface area contributed by atoms with Gasteiger partial charge in [-0.25, -0.2) is 19.6 Å². The maximum atomic E-state index is 13.7. The Kier molecular flexibility index (Phi) is 11.5. The molecule has 2 fully saturated rings. The summed E-state index contributed by atoms with van der Waals surface area (Å²) in [5.41, 5.74) is 6.65. The fourth-order valence-corrected chi connectivity index (χ4v) is 9.08. The zero-order chi connectivity index (χ0) is 43.1. The van der Waals surface area contributed by atoms with Crippen molar-refractivity contribution in [3.8, 4) is 39.5 Å². The van der Waals surface area contributed by atoms with Crippen LogP contribution in [0.3, 0.4) is 0 Å². The van der Waals surface area contributed by atoms with E-state index in [0.717, 1.165) is 82.5 Å². The summed E-state index contributed by atoms with van der Waals surface area (Å²) >= 11 is 0. The van der Waals surface area contributed by atoms with Gasteiger partial charge in [0.25, 0.3) is 0 Å². The van der Waals surface area contributed by atoms with Crippen LogP contribution in [0.2, 0.25) is 0 Å². The standard InChI is InChI=1S/C45H55N9O7/c1-8-37-54-32-16-14-26(30-22-46-40(48-30)33-11-9-17-52(33)42(55)38(24(2)3)50-44(57)59-6)19-28(32)20-35(54)29-15-13-27(21-36(29)61-37)31-23-47-41(49-31)34-12-10-18-53(34)43(56)39(25(4)5)51-45(58)60-7/h13-16,19-25,33-34,37-39H,8-12,17-18H2,1-7H3,(H,46,48)(H,47,49)(H,50,57)(H,51,58)/t33-,34-,37?,38-,39-/m0/s1. The SMILES string of the molecule is CCC1Oc2cc(-c3cnc([C@@H]4CCCN4C(=O)[C@@H](NC(=O)OC)C(C)C)[nH]3)ccc2-c2cc3cc(-c4cnc([C@@H]5CCCN5C(=O)[C@@H](NC(=O)OC)C(C)C)[nH]4)ccc3n21. The number of aromatic amines is 2. The summed E-state index contributed by atoms with van der Waals surface area (Å²) < 4.78 is 18.5. The van der Waals surface area contributed by atoms with Gasteiger partial charge in [0, 0.05) is 41.6 Å². The van der Waals surface area contributed by atoms with Gasteiger partial charge < -0.3 is 49.2 Å². The zero-order valence-corrected chi connectivity index (χ0v) is 35.8. The van der Waals surface area contributed by atoms with Crippen LogP contribution in [-0.2, 0) is 19.1 Å². The van der Waals surface area contributed by atoms with Crippen LogP contribution in [0.5, 0.6) is 5.75 Å². The van der Waals surface area contributed by atoms with Crippen LogP contribution >= 0.6 is 0 Å². The first-order valence-corrected chi connectivity index (χ1v) is 21.3. The number of amides is 4. The Morgan fingerprint density at radius 2 is 1.30 bits per heavy atom. The highest BCUT2D eigenvalue weighted by molar-refractivity contribution is 5.92. The van der Waals surface area contributed by atoms with Crippen molar-refractivity contribution in [2.75, 3.05) is 27.3 Å². The Hall–Kier alpha value is -6.32. The summed E-state index contributed by atoms with van der Waals surface area (Å²) in [4.78, 5) is 71.6. The monoisotopic (exact) mass is 833 g/mol. The van der Waals surface area contributed by atoms with E-state index in [1.807, 2.05) is 49.8 Å². The average molecular weight is 834 g/mol. The van der Waals surface area contributed by atoms with Crippen LogP contribution in [-0.4, -0.2) is 97.7 Å². The molecule has 5 aromatic rings. The van der Waals surface area contributed by atoms with Crippen molar-refractivity contribution in [2.24, 2.45) is 11.8 Å². The van der Waals surface area contributed by atoms with Crippen LogP contribution in [0.15, 0.2) is 54.9 Å². The van der Waals surface area contributed by atoms with Crippen molar-refractivity contribution in [2.45, 2.75) is 97.1 Å².